The van der Waals surface area contributed by atoms with Crippen molar-refractivity contribution in [3.8, 4) is 0 Å². The number of hydrogen-bond donors (Lipinski definition) is 1. The van der Waals surface area contributed by atoms with Crippen LogP contribution in [0.2, 0.25) is 0 Å². The van der Waals surface area contributed by atoms with Crippen LogP contribution in [0.3, 0.4) is 0 Å². The molecule has 0 spiro atoms. The van der Waals surface area contributed by atoms with Crippen LogP contribution in [0.5, 0.6) is 0 Å². The summed E-state index contributed by atoms with van der Waals surface area (Å²) in [4.78, 5) is 24.2. The van der Waals surface area contributed by atoms with Gasteiger partial charge < -0.3 is 14.5 Å². The van der Waals surface area contributed by atoms with Crippen LogP contribution in [0.15, 0.2) is 46.1 Å². The molecule has 1 amide bonds. The van der Waals surface area contributed by atoms with Crippen LogP contribution in [0.25, 0.3) is 0 Å². The lowest BCUT2D eigenvalue weighted by atomic mass is 10.2. The van der Waals surface area contributed by atoms with Crippen molar-refractivity contribution in [2.75, 3.05) is 11.1 Å². The third kappa shape index (κ3) is 2.70. The summed E-state index contributed by atoms with van der Waals surface area (Å²) in [6.07, 6.45) is 3.05. The number of carbonyl (C=O) groups excluding carboxylic acids is 2. The average Bonchev–Trinajstić information content (AvgIpc) is 2.97. The van der Waals surface area contributed by atoms with Gasteiger partial charge in [0.05, 0.1) is 29.5 Å². The molecule has 3 rings (SSSR count). The van der Waals surface area contributed by atoms with Gasteiger partial charge in [0, 0.05) is 10.5 Å². The molecule has 0 saturated carbocycles. The lowest BCUT2D eigenvalue weighted by Gasteiger charge is -2.16. The SMILES string of the molecule is O=C1CSc2ccc(C(=O)OCc3ccoc3)cc2N1. The number of furan rings is 1. The van der Waals surface area contributed by atoms with Crippen LogP contribution in [0, 0.1) is 0 Å². The monoisotopic (exact) mass is 289 g/mol. The van der Waals surface area contributed by atoms with Crippen LogP contribution in [-0.2, 0) is 16.1 Å². The molecular weight excluding hydrogens is 278 g/mol. The zero-order chi connectivity index (χ0) is 13.9. The lowest BCUT2D eigenvalue weighted by Crippen LogP contribution is -2.19. The number of thioether (sulfide) groups is 1. The van der Waals surface area contributed by atoms with E-state index in [0.29, 0.717) is 17.0 Å². The second-order valence-electron chi connectivity index (χ2n) is 4.26. The molecule has 5 nitrogen and oxygen atoms in total. The number of benzene rings is 1. The Hall–Kier alpha value is -2.21. The zero-order valence-corrected chi connectivity index (χ0v) is 11.2. The molecule has 0 saturated heterocycles. The van der Waals surface area contributed by atoms with E-state index in [4.69, 9.17) is 9.15 Å². The molecule has 2 aromatic rings. The van der Waals surface area contributed by atoms with E-state index in [9.17, 15) is 9.59 Å². The Morgan fingerprint density at radius 1 is 1.40 bits per heavy atom. The van der Waals surface area contributed by atoms with Gasteiger partial charge in [0.25, 0.3) is 0 Å². The van der Waals surface area contributed by atoms with E-state index >= 15 is 0 Å². The Kier molecular flexibility index (Phi) is 3.47. The molecule has 0 bridgehead atoms. The van der Waals surface area contributed by atoms with E-state index < -0.39 is 5.97 Å². The lowest BCUT2D eigenvalue weighted by molar-refractivity contribution is -0.113. The highest BCUT2D eigenvalue weighted by Crippen LogP contribution is 2.32. The van der Waals surface area contributed by atoms with Crippen molar-refractivity contribution in [1.29, 1.82) is 0 Å². The molecule has 1 aliphatic heterocycles. The Labute approximate surface area is 119 Å². The van der Waals surface area contributed by atoms with E-state index in [-0.39, 0.29) is 12.5 Å². The van der Waals surface area contributed by atoms with Gasteiger partial charge >= 0.3 is 5.97 Å². The number of nitrogens with one attached hydrogen (secondary N) is 1. The first-order valence-electron chi connectivity index (χ1n) is 5.97. The maximum Gasteiger partial charge on any atom is 0.338 e. The largest absolute Gasteiger partial charge is 0.472 e. The van der Waals surface area contributed by atoms with Gasteiger partial charge in [-0.05, 0) is 24.3 Å². The van der Waals surface area contributed by atoms with E-state index in [1.54, 1.807) is 18.2 Å². The number of carbonyl (C=O) groups is 2. The summed E-state index contributed by atoms with van der Waals surface area (Å²) < 4.78 is 10.1. The number of hydrogen-bond acceptors (Lipinski definition) is 5. The quantitative estimate of drug-likeness (QED) is 0.880. The van der Waals surface area contributed by atoms with E-state index in [0.717, 1.165) is 10.5 Å². The first-order valence-corrected chi connectivity index (χ1v) is 6.96. The first kappa shape index (κ1) is 12.8. The normalized spacial score (nSPS) is 13.5. The van der Waals surface area contributed by atoms with Gasteiger partial charge in [-0.15, -0.1) is 11.8 Å². The van der Waals surface area contributed by atoms with E-state index in [1.165, 1.54) is 24.3 Å². The number of ether oxygens (including phenoxy) is 1. The van der Waals surface area contributed by atoms with Crippen molar-refractivity contribution >= 4 is 29.3 Å². The fourth-order valence-electron chi connectivity index (χ4n) is 1.82. The third-order valence-electron chi connectivity index (χ3n) is 2.80. The zero-order valence-electron chi connectivity index (χ0n) is 10.4. The fourth-order valence-corrected chi connectivity index (χ4v) is 2.61. The maximum atomic E-state index is 11.9. The number of rotatable bonds is 3. The van der Waals surface area contributed by atoms with Crippen LogP contribution in [-0.4, -0.2) is 17.6 Å². The number of esters is 1. The Morgan fingerprint density at radius 3 is 3.10 bits per heavy atom. The summed E-state index contributed by atoms with van der Waals surface area (Å²) >= 11 is 1.45. The van der Waals surface area contributed by atoms with Crippen LogP contribution in [0.1, 0.15) is 15.9 Å². The second kappa shape index (κ2) is 5.42. The number of anilines is 1. The molecule has 2 heterocycles. The van der Waals surface area contributed by atoms with Crippen LogP contribution >= 0.6 is 11.8 Å². The molecule has 1 aromatic heterocycles. The summed E-state index contributed by atoms with van der Waals surface area (Å²) in [5.74, 6) is -0.0951. The van der Waals surface area contributed by atoms with Crippen molar-refractivity contribution in [3.63, 3.8) is 0 Å². The first-order chi connectivity index (χ1) is 9.72. The highest BCUT2D eigenvalue weighted by molar-refractivity contribution is 8.00. The maximum absolute atomic E-state index is 11.9. The summed E-state index contributed by atoms with van der Waals surface area (Å²) in [6, 6.07) is 6.88. The van der Waals surface area contributed by atoms with Gasteiger partial charge in [-0.1, -0.05) is 0 Å². The molecule has 6 heteroatoms. The molecule has 1 aromatic carbocycles. The molecule has 1 aliphatic rings. The smallest absolute Gasteiger partial charge is 0.338 e. The Morgan fingerprint density at radius 2 is 2.30 bits per heavy atom. The van der Waals surface area contributed by atoms with Gasteiger partial charge in [0.15, 0.2) is 0 Å². The predicted octanol–water partition coefficient (Wildman–Crippen LogP) is 2.68. The van der Waals surface area contributed by atoms with Crippen molar-refractivity contribution in [3.05, 3.63) is 47.9 Å². The van der Waals surface area contributed by atoms with Gasteiger partial charge in [-0.25, -0.2) is 4.79 Å². The number of fused-ring (bicyclic) bond motifs is 1. The van der Waals surface area contributed by atoms with E-state index in [1.807, 2.05) is 6.07 Å². The summed E-state index contributed by atoms with van der Waals surface area (Å²) in [7, 11) is 0. The van der Waals surface area contributed by atoms with Crippen molar-refractivity contribution in [1.82, 2.24) is 0 Å². The molecule has 0 atom stereocenters. The molecule has 0 fully saturated rings. The Bertz CT molecular complexity index is 651. The Balaban J connectivity index is 1.72. The second-order valence-corrected chi connectivity index (χ2v) is 5.27. The van der Waals surface area contributed by atoms with Crippen molar-refractivity contribution in [2.24, 2.45) is 0 Å². The minimum Gasteiger partial charge on any atom is -0.472 e. The summed E-state index contributed by atoms with van der Waals surface area (Å²) in [5, 5.41) is 2.74. The predicted molar refractivity (Wildman–Crippen MR) is 73.6 cm³/mol. The minimum absolute atomic E-state index is 0.0635. The molecule has 1 N–H and O–H groups in total. The fraction of sp³-hybridized carbons (Fsp3) is 0.143. The van der Waals surface area contributed by atoms with Crippen molar-refractivity contribution < 1.29 is 18.7 Å². The number of amides is 1. The highest BCUT2D eigenvalue weighted by Gasteiger charge is 2.17. The van der Waals surface area contributed by atoms with Gasteiger partial charge in [-0.3, -0.25) is 4.79 Å². The minimum atomic E-state index is -0.432. The molecule has 20 heavy (non-hydrogen) atoms. The van der Waals surface area contributed by atoms with Gasteiger partial charge in [-0.2, -0.15) is 0 Å². The molecule has 0 aliphatic carbocycles. The van der Waals surface area contributed by atoms with Gasteiger partial charge in [0.2, 0.25) is 5.91 Å². The summed E-state index contributed by atoms with van der Waals surface area (Å²) in [6.45, 7) is 0.160. The third-order valence-corrected chi connectivity index (χ3v) is 3.87. The highest BCUT2D eigenvalue weighted by atomic mass is 32.2. The molecular formula is C14H11NO4S. The summed E-state index contributed by atoms with van der Waals surface area (Å²) in [5.41, 5.74) is 1.86. The van der Waals surface area contributed by atoms with Crippen molar-refractivity contribution in [2.45, 2.75) is 11.5 Å². The van der Waals surface area contributed by atoms with Crippen LogP contribution in [0.4, 0.5) is 5.69 Å². The molecule has 0 radical (unpaired) electrons. The molecule has 102 valence electrons. The molecule has 0 unspecified atom stereocenters. The average molecular weight is 289 g/mol. The van der Waals surface area contributed by atoms with Crippen LogP contribution < -0.4 is 5.32 Å². The topological polar surface area (TPSA) is 68.5 Å². The van der Waals surface area contributed by atoms with Gasteiger partial charge in [0.1, 0.15) is 6.61 Å². The van der Waals surface area contributed by atoms with E-state index in [2.05, 4.69) is 5.32 Å². The standard InChI is InChI=1S/C14H11NO4S/c16-13-8-20-12-2-1-10(5-11(12)15-13)14(17)19-7-9-3-4-18-6-9/h1-6H,7-8H2,(H,15,16).